The van der Waals surface area contributed by atoms with Crippen molar-refractivity contribution in [1.29, 1.82) is 0 Å². The van der Waals surface area contributed by atoms with Crippen LogP contribution in [0.15, 0.2) is 24.3 Å². The number of rotatable bonds is 6. The molecule has 2 N–H and O–H groups in total. The van der Waals surface area contributed by atoms with Crippen LogP contribution in [0.25, 0.3) is 0 Å². The standard InChI is InChI=1S/C15H21NO5/c1-15(2,3)13(14(18)19)16-12(17)9-21-11-7-5-10(20-4)6-8-11/h5-8,13H,9H2,1-4H3,(H,16,17)(H,18,19). The van der Waals surface area contributed by atoms with Crippen LogP contribution in [-0.4, -0.2) is 36.7 Å². The SMILES string of the molecule is COc1ccc(OCC(=O)NC(C(=O)O)C(C)(C)C)cc1. The zero-order valence-electron chi connectivity index (χ0n) is 12.7. The summed E-state index contributed by atoms with van der Waals surface area (Å²) >= 11 is 0. The molecule has 0 saturated heterocycles. The lowest BCUT2D eigenvalue weighted by atomic mass is 9.87. The van der Waals surface area contributed by atoms with Gasteiger partial charge in [0.2, 0.25) is 0 Å². The van der Waals surface area contributed by atoms with Crippen molar-refractivity contribution >= 4 is 11.9 Å². The molecule has 0 spiro atoms. The number of carboxylic acid groups (broad SMARTS) is 1. The molecule has 0 radical (unpaired) electrons. The van der Waals surface area contributed by atoms with Gasteiger partial charge in [-0.15, -0.1) is 0 Å². The van der Waals surface area contributed by atoms with Crippen molar-refractivity contribution < 1.29 is 24.2 Å². The van der Waals surface area contributed by atoms with Crippen molar-refractivity contribution in [1.82, 2.24) is 5.32 Å². The summed E-state index contributed by atoms with van der Waals surface area (Å²) in [6.07, 6.45) is 0. The molecule has 0 aliphatic rings. The normalized spacial score (nSPS) is 12.4. The minimum Gasteiger partial charge on any atom is -0.497 e. The van der Waals surface area contributed by atoms with E-state index >= 15 is 0 Å². The fraction of sp³-hybridized carbons (Fsp3) is 0.467. The van der Waals surface area contributed by atoms with E-state index < -0.39 is 23.3 Å². The van der Waals surface area contributed by atoms with E-state index in [-0.39, 0.29) is 6.61 Å². The molecule has 116 valence electrons. The molecule has 0 fully saturated rings. The van der Waals surface area contributed by atoms with Gasteiger partial charge in [0.05, 0.1) is 7.11 Å². The number of methoxy groups -OCH3 is 1. The summed E-state index contributed by atoms with van der Waals surface area (Å²) in [6.45, 7) is 5.00. The number of hydrogen-bond acceptors (Lipinski definition) is 4. The first kappa shape index (κ1) is 16.8. The molecule has 1 atom stereocenters. The van der Waals surface area contributed by atoms with Gasteiger partial charge < -0.3 is 19.9 Å². The van der Waals surface area contributed by atoms with Crippen molar-refractivity contribution in [3.63, 3.8) is 0 Å². The van der Waals surface area contributed by atoms with Gasteiger partial charge in [0.15, 0.2) is 6.61 Å². The number of carbonyl (C=O) groups excluding carboxylic acids is 1. The summed E-state index contributed by atoms with van der Waals surface area (Å²) in [5, 5.41) is 11.6. The van der Waals surface area contributed by atoms with Crippen LogP contribution in [0.5, 0.6) is 11.5 Å². The Hall–Kier alpha value is -2.24. The van der Waals surface area contributed by atoms with Crippen molar-refractivity contribution in [2.45, 2.75) is 26.8 Å². The average molecular weight is 295 g/mol. The maximum absolute atomic E-state index is 11.8. The number of ether oxygens (including phenoxy) is 2. The second kappa shape index (κ2) is 6.97. The molecule has 1 aromatic carbocycles. The van der Waals surface area contributed by atoms with E-state index in [4.69, 9.17) is 14.6 Å². The lowest BCUT2D eigenvalue weighted by Gasteiger charge is -2.27. The van der Waals surface area contributed by atoms with Crippen molar-refractivity contribution in [2.24, 2.45) is 5.41 Å². The Bertz CT molecular complexity index is 490. The van der Waals surface area contributed by atoms with Gasteiger partial charge in [-0.25, -0.2) is 4.79 Å². The fourth-order valence-electron chi connectivity index (χ4n) is 1.67. The van der Waals surface area contributed by atoms with Crippen LogP contribution in [-0.2, 0) is 9.59 Å². The molecule has 0 saturated carbocycles. The number of nitrogens with one attached hydrogen (secondary N) is 1. The molecule has 6 heteroatoms. The lowest BCUT2D eigenvalue weighted by molar-refractivity contribution is -0.145. The molecule has 6 nitrogen and oxygen atoms in total. The van der Waals surface area contributed by atoms with E-state index in [0.717, 1.165) is 0 Å². The van der Waals surface area contributed by atoms with E-state index in [1.807, 2.05) is 0 Å². The van der Waals surface area contributed by atoms with Crippen LogP contribution in [0.4, 0.5) is 0 Å². The van der Waals surface area contributed by atoms with Gasteiger partial charge in [-0.05, 0) is 29.7 Å². The number of carboxylic acids is 1. The Morgan fingerprint density at radius 3 is 2.14 bits per heavy atom. The van der Waals surface area contributed by atoms with Crippen molar-refractivity contribution in [3.8, 4) is 11.5 Å². The molecule has 1 unspecified atom stereocenters. The van der Waals surface area contributed by atoms with Gasteiger partial charge in [-0.2, -0.15) is 0 Å². The van der Waals surface area contributed by atoms with E-state index in [9.17, 15) is 9.59 Å². The van der Waals surface area contributed by atoms with Crippen LogP contribution in [0, 0.1) is 5.41 Å². The number of amides is 1. The highest BCUT2D eigenvalue weighted by atomic mass is 16.5. The van der Waals surface area contributed by atoms with Gasteiger partial charge in [0.25, 0.3) is 5.91 Å². The van der Waals surface area contributed by atoms with Crippen molar-refractivity contribution in [3.05, 3.63) is 24.3 Å². The molecule has 0 heterocycles. The summed E-state index contributed by atoms with van der Waals surface area (Å²) in [7, 11) is 1.56. The lowest BCUT2D eigenvalue weighted by Crippen LogP contribution is -2.50. The molecule has 0 aliphatic heterocycles. The summed E-state index contributed by atoms with van der Waals surface area (Å²) in [4.78, 5) is 22.9. The molecular formula is C15H21NO5. The zero-order valence-corrected chi connectivity index (χ0v) is 12.7. The zero-order chi connectivity index (χ0) is 16.0. The fourth-order valence-corrected chi connectivity index (χ4v) is 1.67. The number of hydrogen-bond donors (Lipinski definition) is 2. The second-order valence-corrected chi connectivity index (χ2v) is 5.67. The van der Waals surface area contributed by atoms with E-state index in [2.05, 4.69) is 5.32 Å². The largest absolute Gasteiger partial charge is 0.497 e. The number of benzene rings is 1. The minimum atomic E-state index is -1.07. The average Bonchev–Trinajstić information content (AvgIpc) is 2.41. The molecule has 1 aromatic rings. The Balaban J connectivity index is 2.54. The van der Waals surface area contributed by atoms with Gasteiger partial charge in [-0.3, -0.25) is 4.79 Å². The first-order chi connectivity index (χ1) is 9.74. The highest BCUT2D eigenvalue weighted by molar-refractivity contribution is 5.84. The third-order valence-corrected chi connectivity index (χ3v) is 2.85. The summed E-state index contributed by atoms with van der Waals surface area (Å²) in [6, 6.07) is 5.80. The molecule has 0 aliphatic carbocycles. The number of aliphatic carboxylic acids is 1. The first-order valence-corrected chi connectivity index (χ1v) is 6.53. The summed E-state index contributed by atoms with van der Waals surface area (Å²) in [5.41, 5.74) is -0.582. The third-order valence-electron chi connectivity index (χ3n) is 2.85. The quantitative estimate of drug-likeness (QED) is 0.834. The first-order valence-electron chi connectivity index (χ1n) is 6.53. The van der Waals surface area contributed by atoms with Gasteiger partial charge >= 0.3 is 5.97 Å². The molecule has 0 aromatic heterocycles. The predicted octanol–water partition coefficient (Wildman–Crippen LogP) is 1.69. The molecule has 21 heavy (non-hydrogen) atoms. The molecule has 0 bridgehead atoms. The van der Waals surface area contributed by atoms with Crippen LogP contribution < -0.4 is 14.8 Å². The topological polar surface area (TPSA) is 84.9 Å². The maximum Gasteiger partial charge on any atom is 0.326 e. The Morgan fingerprint density at radius 2 is 1.71 bits per heavy atom. The molecule has 1 amide bonds. The van der Waals surface area contributed by atoms with Crippen molar-refractivity contribution in [2.75, 3.05) is 13.7 Å². The van der Waals surface area contributed by atoms with Crippen LogP contribution in [0.1, 0.15) is 20.8 Å². The highest BCUT2D eigenvalue weighted by Gasteiger charge is 2.32. The second-order valence-electron chi connectivity index (χ2n) is 5.67. The van der Waals surface area contributed by atoms with E-state index in [0.29, 0.717) is 11.5 Å². The predicted molar refractivity (Wildman–Crippen MR) is 77.5 cm³/mol. The van der Waals surface area contributed by atoms with Gasteiger partial charge in [0, 0.05) is 0 Å². The smallest absolute Gasteiger partial charge is 0.326 e. The van der Waals surface area contributed by atoms with Gasteiger partial charge in [-0.1, -0.05) is 20.8 Å². The maximum atomic E-state index is 11.8. The Morgan fingerprint density at radius 1 is 1.19 bits per heavy atom. The molecular weight excluding hydrogens is 274 g/mol. The minimum absolute atomic E-state index is 0.244. The van der Waals surface area contributed by atoms with Crippen LogP contribution in [0.2, 0.25) is 0 Å². The molecule has 1 rings (SSSR count). The Kier molecular flexibility index (Phi) is 5.58. The van der Waals surface area contributed by atoms with Crippen LogP contribution >= 0.6 is 0 Å². The number of carbonyl (C=O) groups is 2. The van der Waals surface area contributed by atoms with E-state index in [1.165, 1.54) is 0 Å². The summed E-state index contributed by atoms with van der Waals surface area (Å²) < 4.78 is 10.3. The highest BCUT2D eigenvalue weighted by Crippen LogP contribution is 2.20. The Labute approximate surface area is 124 Å². The van der Waals surface area contributed by atoms with Crippen LogP contribution in [0.3, 0.4) is 0 Å². The summed E-state index contributed by atoms with van der Waals surface area (Å²) in [5.74, 6) is -0.354. The monoisotopic (exact) mass is 295 g/mol. The van der Waals surface area contributed by atoms with Gasteiger partial charge in [0.1, 0.15) is 17.5 Å². The van der Waals surface area contributed by atoms with E-state index in [1.54, 1.807) is 52.1 Å². The third kappa shape index (κ3) is 5.33.